The standard InChI is InChI=1S/C17H21N5O3S2/c1-11(15(23)19-13-9-5-6-10-14(13)22(24)25)26-17-21-20-16(27-17)18-12-7-3-2-4-8-12/h5-6,9-12H,2-4,7-8H2,1H3,(H,18,20)(H,19,23). The van der Waals surface area contributed by atoms with Crippen LogP contribution in [0, 0.1) is 10.1 Å². The summed E-state index contributed by atoms with van der Waals surface area (Å²) < 4.78 is 0.693. The number of nitrogens with one attached hydrogen (secondary N) is 2. The Morgan fingerprint density at radius 3 is 2.78 bits per heavy atom. The first-order chi connectivity index (χ1) is 13.0. The van der Waals surface area contributed by atoms with Crippen molar-refractivity contribution in [1.82, 2.24) is 10.2 Å². The highest BCUT2D eigenvalue weighted by Gasteiger charge is 2.21. The molecule has 1 atom stereocenters. The van der Waals surface area contributed by atoms with Gasteiger partial charge in [0.1, 0.15) is 5.69 Å². The number of hydrogen-bond acceptors (Lipinski definition) is 8. The largest absolute Gasteiger partial charge is 0.357 e. The molecule has 144 valence electrons. The van der Waals surface area contributed by atoms with E-state index in [0.717, 1.165) is 18.0 Å². The Hall–Kier alpha value is -2.20. The SMILES string of the molecule is CC(Sc1nnc(NC2CCCCC2)s1)C(=O)Nc1ccccc1[N+](=O)[O-]. The molecule has 0 aliphatic heterocycles. The number of anilines is 2. The van der Waals surface area contributed by atoms with E-state index in [0.29, 0.717) is 10.4 Å². The molecular formula is C17H21N5O3S2. The monoisotopic (exact) mass is 407 g/mol. The maximum atomic E-state index is 12.4. The number of nitro benzene ring substituents is 1. The number of hydrogen-bond donors (Lipinski definition) is 2. The topological polar surface area (TPSA) is 110 Å². The normalized spacial score (nSPS) is 15.9. The molecule has 3 rings (SSSR count). The maximum absolute atomic E-state index is 12.4. The molecule has 0 saturated heterocycles. The molecule has 8 nitrogen and oxygen atoms in total. The molecule has 1 aromatic heterocycles. The lowest BCUT2D eigenvalue weighted by atomic mass is 9.96. The lowest BCUT2D eigenvalue weighted by Gasteiger charge is -2.21. The van der Waals surface area contributed by atoms with Crippen LogP contribution >= 0.6 is 23.1 Å². The highest BCUT2D eigenvalue weighted by Crippen LogP contribution is 2.32. The van der Waals surface area contributed by atoms with E-state index in [4.69, 9.17) is 0 Å². The van der Waals surface area contributed by atoms with Gasteiger partial charge < -0.3 is 10.6 Å². The molecule has 1 aliphatic rings. The minimum atomic E-state index is -0.513. The predicted molar refractivity (Wildman–Crippen MR) is 107 cm³/mol. The van der Waals surface area contributed by atoms with E-state index in [-0.39, 0.29) is 17.3 Å². The highest BCUT2D eigenvalue weighted by molar-refractivity contribution is 8.02. The predicted octanol–water partition coefficient (Wildman–Crippen LogP) is 4.31. The first kappa shape index (κ1) is 19.6. The smallest absolute Gasteiger partial charge is 0.292 e. The van der Waals surface area contributed by atoms with Crippen molar-refractivity contribution in [3.63, 3.8) is 0 Å². The van der Waals surface area contributed by atoms with Gasteiger partial charge in [-0.3, -0.25) is 14.9 Å². The number of nitrogens with zero attached hydrogens (tertiary/aromatic N) is 3. The van der Waals surface area contributed by atoms with Crippen LogP contribution in [0.25, 0.3) is 0 Å². The van der Waals surface area contributed by atoms with Crippen molar-refractivity contribution in [2.24, 2.45) is 0 Å². The molecule has 1 heterocycles. The van der Waals surface area contributed by atoms with Crippen molar-refractivity contribution in [2.75, 3.05) is 10.6 Å². The van der Waals surface area contributed by atoms with Gasteiger partial charge in [-0.2, -0.15) is 0 Å². The average Bonchev–Trinajstić information content (AvgIpc) is 3.09. The second-order valence-electron chi connectivity index (χ2n) is 6.38. The fourth-order valence-corrected chi connectivity index (χ4v) is 4.89. The quantitative estimate of drug-likeness (QED) is 0.400. The van der Waals surface area contributed by atoms with Crippen LogP contribution in [0.5, 0.6) is 0 Å². The first-order valence-electron chi connectivity index (χ1n) is 8.84. The number of para-hydroxylation sites is 2. The molecule has 1 aromatic carbocycles. The van der Waals surface area contributed by atoms with Crippen LogP contribution in [0.2, 0.25) is 0 Å². The van der Waals surface area contributed by atoms with Crippen molar-refractivity contribution in [2.45, 2.75) is 54.7 Å². The van der Waals surface area contributed by atoms with Gasteiger partial charge in [-0.05, 0) is 25.8 Å². The van der Waals surface area contributed by atoms with Crippen LogP contribution < -0.4 is 10.6 Å². The van der Waals surface area contributed by atoms with Crippen molar-refractivity contribution in [3.05, 3.63) is 34.4 Å². The number of aromatic nitrogens is 2. The van der Waals surface area contributed by atoms with E-state index < -0.39 is 10.2 Å². The summed E-state index contributed by atoms with van der Waals surface area (Å²) in [5.41, 5.74) is 0.0646. The third-order valence-electron chi connectivity index (χ3n) is 4.34. The van der Waals surface area contributed by atoms with Crippen LogP contribution in [0.15, 0.2) is 28.6 Å². The molecule has 2 N–H and O–H groups in total. The Bertz CT molecular complexity index is 807. The molecular weight excluding hydrogens is 386 g/mol. The number of thioether (sulfide) groups is 1. The zero-order valence-electron chi connectivity index (χ0n) is 14.9. The lowest BCUT2D eigenvalue weighted by Crippen LogP contribution is -2.22. The minimum Gasteiger partial charge on any atom is -0.357 e. The molecule has 1 amide bonds. The van der Waals surface area contributed by atoms with Gasteiger partial charge in [-0.15, -0.1) is 10.2 Å². The van der Waals surface area contributed by atoms with E-state index in [1.807, 2.05) is 0 Å². The summed E-state index contributed by atoms with van der Waals surface area (Å²) >= 11 is 2.72. The van der Waals surface area contributed by atoms with Crippen molar-refractivity contribution < 1.29 is 9.72 Å². The lowest BCUT2D eigenvalue weighted by molar-refractivity contribution is -0.383. The summed E-state index contributed by atoms with van der Waals surface area (Å²) in [6.45, 7) is 1.74. The summed E-state index contributed by atoms with van der Waals surface area (Å²) in [5.74, 6) is -0.314. The minimum absolute atomic E-state index is 0.127. The maximum Gasteiger partial charge on any atom is 0.292 e. The Kier molecular flexibility index (Phi) is 6.62. The fraction of sp³-hybridized carbons (Fsp3) is 0.471. The van der Waals surface area contributed by atoms with Crippen molar-refractivity contribution >= 4 is 45.5 Å². The zero-order valence-corrected chi connectivity index (χ0v) is 16.5. The first-order valence-corrected chi connectivity index (χ1v) is 10.5. The van der Waals surface area contributed by atoms with Gasteiger partial charge in [0.05, 0.1) is 10.2 Å². The number of benzene rings is 1. The van der Waals surface area contributed by atoms with E-state index >= 15 is 0 Å². The van der Waals surface area contributed by atoms with Crippen LogP contribution in [0.3, 0.4) is 0 Å². The molecule has 2 aromatic rings. The number of carbonyl (C=O) groups excluding carboxylic acids is 1. The molecule has 1 saturated carbocycles. The van der Waals surface area contributed by atoms with E-state index in [1.54, 1.807) is 19.1 Å². The Balaban J connectivity index is 1.56. The van der Waals surface area contributed by atoms with Crippen LogP contribution in [-0.4, -0.2) is 32.3 Å². The number of carbonyl (C=O) groups is 1. The van der Waals surface area contributed by atoms with Crippen LogP contribution in [-0.2, 0) is 4.79 Å². The van der Waals surface area contributed by atoms with Gasteiger partial charge in [0, 0.05) is 12.1 Å². The van der Waals surface area contributed by atoms with E-state index in [2.05, 4.69) is 20.8 Å². The molecule has 27 heavy (non-hydrogen) atoms. The molecule has 1 aliphatic carbocycles. The Morgan fingerprint density at radius 1 is 1.30 bits per heavy atom. The van der Waals surface area contributed by atoms with E-state index in [9.17, 15) is 14.9 Å². The molecule has 1 fully saturated rings. The van der Waals surface area contributed by atoms with Gasteiger partial charge in [0.2, 0.25) is 11.0 Å². The Morgan fingerprint density at radius 2 is 2.04 bits per heavy atom. The molecule has 0 spiro atoms. The summed E-state index contributed by atoms with van der Waals surface area (Å²) in [5, 5.41) is 25.7. The van der Waals surface area contributed by atoms with Crippen LogP contribution in [0.4, 0.5) is 16.5 Å². The van der Waals surface area contributed by atoms with Crippen molar-refractivity contribution in [3.8, 4) is 0 Å². The number of amides is 1. The molecule has 1 unspecified atom stereocenters. The van der Waals surface area contributed by atoms with Gasteiger partial charge in [-0.1, -0.05) is 54.5 Å². The number of nitro groups is 1. The second-order valence-corrected chi connectivity index (χ2v) is 8.94. The average molecular weight is 408 g/mol. The molecule has 0 bridgehead atoms. The van der Waals surface area contributed by atoms with Gasteiger partial charge in [-0.25, -0.2) is 0 Å². The fourth-order valence-electron chi connectivity index (χ4n) is 2.91. The third kappa shape index (κ3) is 5.39. The molecule has 10 heteroatoms. The van der Waals surface area contributed by atoms with Crippen LogP contribution in [0.1, 0.15) is 39.0 Å². The Labute approximate surface area is 165 Å². The summed E-state index contributed by atoms with van der Waals surface area (Å²) in [4.78, 5) is 22.9. The summed E-state index contributed by atoms with van der Waals surface area (Å²) in [6, 6.07) is 6.54. The molecule has 0 radical (unpaired) electrons. The second kappa shape index (κ2) is 9.14. The summed E-state index contributed by atoms with van der Waals surface area (Å²) in [6.07, 6.45) is 6.07. The van der Waals surface area contributed by atoms with Crippen molar-refractivity contribution in [1.29, 1.82) is 0 Å². The highest BCUT2D eigenvalue weighted by atomic mass is 32.2. The van der Waals surface area contributed by atoms with E-state index in [1.165, 1.54) is 54.5 Å². The van der Waals surface area contributed by atoms with Gasteiger partial charge in [0.15, 0.2) is 4.34 Å². The van der Waals surface area contributed by atoms with Gasteiger partial charge >= 0.3 is 0 Å². The zero-order chi connectivity index (χ0) is 19.2. The number of rotatable bonds is 7. The summed E-state index contributed by atoms with van der Waals surface area (Å²) in [7, 11) is 0. The van der Waals surface area contributed by atoms with Gasteiger partial charge in [0.25, 0.3) is 5.69 Å². The third-order valence-corrected chi connectivity index (χ3v) is 6.38.